The second-order valence-electron chi connectivity index (χ2n) is 8.65. The Bertz CT molecular complexity index is 1760. The Balaban J connectivity index is 1.82. The summed E-state index contributed by atoms with van der Waals surface area (Å²) in [5, 5.41) is 1.88. The number of rotatable bonds is 6. The maximum absolute atomic E-state index is 14.0. The van der Waals surface area contributed by atoms with Gasteiger partial charge in [0.05, 0.1) is 31.9 Å². The van der Waals surface area contributed by atoms with Crippen molar-refractivity contribution in [2.75, 3.05) is 21.3 Å². The molecule has 4 aromatic rings. The minimum absolute atomic E-state index is 0.144. The topological polar surface area (TPSA) is 79.1 Å². The van der Waals surface area contributed by atoms with Crippen LogP contribution < -0.4 is 29.1 Å². The van der Waals surface area contributed by atoms with Crippen molar-refractivity contribution in [1.29, 1.82) is 0 Å². The Labute approximate surface area is 217 Å². The van der Waals surface area contributed by atoms with Gasteiger partial charge in [-0.25, -0.2) is 4.99 Å². The summed E-state index contributed by atoms with van der Waals surface area (Å²) in [5.74, 6) is 1.79. The molecule has 0 unspecified atom stereocenters. The van der Waals surface area contributed by atoms with Gasteiger partial charge < -0.3 is 14.2 Å². The molecule has 8 heteroatoms. The predicted molar refractivity (Wildman–Crippen MR) is 144 cm³/mol. The Hall–Kier alpha value is -4.17. The number of fused-ring (bicyclic) bond motifs is 2. The lowest BCUT2D eigenvalue weighted by Crippen LogP contribution is -2.39. The van der Waals surface area contributed by atoms with Crippen LogP contribution in [0, 0.1) is 0 Å². The summed E-state index contributed by atoms with van der Waals surface area (Å²) in [4.78, 5) is 32.0. The summed E-state index contributed by atoms with van der Waals surface area (Å²) in [7, 11) is 4.80. The van der Waals surface area contributed by atoms with E-state index < -0.39 is 6.04 Å². The molecule has 1 aliphatic rings. The van der Waals surface area contributed by atoms with Crippen LogP contribution in [0.1, 0.15) is 31.0 Å². The summed E-state index contributed by atoms with van der Waals surface area (Å²) in [5.41, 5.74) is 2.30. The highest BCUT2D eigenvalue weighted by atomic mass is 32.1. The average molecular weight is 515 g/mol. The average Bonchev–Trinajstić information content (AvgIpc) is 3.21. The Morgan fingerprint density at radius 1 is 1.00 bits per heavy atom. The molecule has 5 rings (SSSR count). The molecule has 0 spiro atoms. The van der Waals surface area contributed by atoms with E-state index in [2.05, 4.69) is 4.99 Å². The number of ether oxygens (including phenoxy) is 3. The number of thiazole rings is 1. The Morgan fingerprint density at radius 2 is 1.73 bits per heavy atom. The van der Waals surface area contributed by atoms with E-state index in [9.17, 15) is 9.59 Å². The van der Waals surface area contributed by atoms with Crippen molar-refractivity contribution in [2.45, 2.75) is 19.9 Å². The molecular weight excluding hydrogens is 488 g/mol. The summed E-state index contributed by atoms with van der Waals surface area (Å²) < 4.78 is 18.8. The van der Waals surface area contributed by atoms with Crippen LogP contribution in [0.2, 0.25) is 0 Å². The van der Waals surface area contributed by atoms with Crippen LogP contribution in [0.5, 0.6) is 17.2 Å². The molecule has 0 saturated carbocycles. The molecule has 3 aromatic carbocycles. The molecule has 0 saturated heterocycles. The van der Waals surface area contributed by atoms with E-state index in [0.717, 1.165) is 21.9 Å². The first kappa shape index (κ1) is 24.5. The zero-order valence-corrected chi connectivity index (χ0v) is 22.0. The number of hydrogen-bond acceptors (Lipinski definition) is 7. The number of methoxy groups -OCH3 is 3. The number of para-hydroxylation sites is 1. The van der Waals surface area contributed by atoms with Gasteiger partial charge in [0.1, 0.15) is 17.2 Å². The number of carbonyl (C=O) groups excluding carboxylic acids is 1. The molecule has 0 radical (unpaired) electrons. The highest BCUT2D eigenvalue weighted by Crippen LogP contribution is 2.35. The first-order chi connectivity index (χ1) is 17.9. The molecule has 1 aliphatic heterocycles. The first-order valence-corrected chi connectivity index (χ1v) is 12.5. The maximum atomic E-state index is 14.0. The first-order valence-electron chi connectivity index (χ1n) is 11.7. The fourth-order valence-corrected chi connectivity index (χ4v) is 5.87. The maximum Gasteiger partial charge on any atom is 0.271 e. The van der Waals surface area contributed by atoms with E-state index in [1.165, 1.54) is 18.3 Å². The summed E-state index contributed by atoms with van der Waals surface area (Å²) in [6.07, 6.45) is 1.83. The van der Waals surface area contributed by atoms with Gasteiger partial charge in [-0.05, 0) is 55.0 Å². The van der Waals surface area contributed by atoms with Crippen molar-refractivity contribution in [1.82, 2.24) is 4.57 Å². The number of carbonyl (C=O) groups is 1. The number of Topliss-reactive ketones (excluding diaryl/α,β-unsaturated/α-hetero) is 1. The fraction of sp³-hybridized carbons (Fsp3) is 0.207. The van der Waals surface area contributed by atoms with Crippen LogP contribution in [0.3, 0.4) is 0 Å². The zero-order chi connectivity index (χ0) is 26.3. The number of nitrogens with zero attached hydrogens (tertiary/aromatic N) is 2. The van der Waals surface area contributed by atoms with E-state index in [0.29, 0.717) is 37.9 Å². The molecular formula is C29H26N2O5S. The SMILES string of the molecule is COc1ccc2ccc(OC)c(/C=c3\sc4n(c3=O)[C@H](c3ccccc3OC)C(C(C)=O)=C(C)N=4)c2c1. The van der Waals surface area contributed by atoms with E-state index >= 15 is 0 Å². The van der Waals surface area contributed by atoms with Gasteiger partial charge in [0.2, 0.25) is 0 Å². The molecule has 37 heavy (non-hydrogen) atoms. The minimum Gasteiger partial charge on any atom is -0.497 e. The molecule has 7 nitrogen and oxygen atoms in total. The number of hydrogen-bond donors (Lipinski definition) is 0. The molecule has 0 aliphatic carbocycles. The minimum atomic E-state index is -0.651. The lowest BCUT2D eigenvalue weighted by Gasteiger charge is -2.25. The molecule has 0 fully saturated rings. The standard InChI is InChI=1S/C29H26N2O5S/c1-16-26(17(2)32)27(20-8-6-7-9-23(20)35-4)31-28(33)25(37-29(31)30-16)15-22-21-14-19(34-3)12-10-18(21)11-13-24(22)36-5/h6-15,27H,1-5H3/b25-15-/t27-/m1/s1. The third kappa shape index (κ3) is 4.13. The van der Waals surface area contributed by atoms with Crippen molar-refractivity contribution in [3.8, 4) is 17.2 Å². The van der Waals surface area contributed by atoms with E-state index in [1.54, 1.807) is 32.8 Å². The second-order valence-corrected chi connectivity index (χ2v) is 9.66. The van der Waals surface area contributed by atoms with Gasteiger partial charge in [-0.2, -0.15) is 0 Å². The van der Waals surface area contributed by atoms with Gasteiger partial charge in [-0.3, -0.25) is 14.2 Å². The number of allylic oxidation sites excluding steroid dienone is 2. The van der Waals surface area contributed by atoms with Crippen molar-refractivity contribution in [2.24, 2.45) is 4.99 Å². The molecule has 0 amide bonds. The van der Waals surface area contributed by atoms with Crippen LogP contribution in [0.25, 0.3) is 16.8 Å². The third-order valence-corrected chi connectivity index (χ3v) is 7.54. The smallest absolute Gasteiger partial charge is 0.271 e. The predicted octanol–water partition coefficient (Wildman–Crippen LogP) is 4.00. The van der Waals surface area contributed by atoms with Crippen LogP contribution in [-0.4, -0.2) is 31.7 Å². The van der Waals surface area contributed by atoms with E-state index in [1.807, 2.05) is 60.7 Å². The van der Waals surface area contributed by atoms with Gasteiger partial charge in [-0.1, -0.05) is 41.7 Å². The molecule has 0 bridgehead atoms. The van der Waals surface area contributed by atoms with E-state index in [4.69, 9.17) is 14.2 Å². The lowest BCUT2D eigenvalue weighted by atomic mass is 9.93. The highest BCUT2D eigenvalue weighted by Gasteiger charge is 2.32. The van der Waals surface area contributed by atoms with Crippen molar-refractivity contribution in [3.63, 3.8) is 0 Å². The largest absolute Gasteiger partial charge is 0.497 e. The van der Waals surface area contributed by atoms with Gasteiger partial charge in [0, 0.05) is 22.4 Å². The monoisotopic (exact) mass is 514 g/mol. The fourth-order valence-electron chi connectivity index (χ4n) is 4.84. The van der Waals surface area contributed by atoms with Crippen LogP contribution in [-0.2, 0) is 4.79 Å². The van der Waals surface area contributed by atoms with E-state index in [-0.39, 0.29) is 11.3 Å². The zero-order valence-electron chi connectivity index (χ0n) is 21.2. The molecule has 188 valence electrons. The van der Waals surface area contributed by atoms with Crippen LogP contribution in [0.15, 0.2) is 75.7 Å². The second kappa shape index (κ2) is 9.71. The van der Waals surface area contributed by atoms with Crippen LogP contribution in [0.4, 0.5) is 0 Å². The molecule has 0 N–H and O–H groups in total. The number of benzene rings is 3. The molecule has 1 aromatic heterocycles. The van der Waals surface area contributed by atoms with Crippen molar-refractivity contribution >= 4 is 34.0 Å². The molecule has 2 heterocycles. The third-order valence-electron chi connectivity index (χ3n) is 6.56. The van der Waals surface area contributed by atoms with Gasteiger partial charge in [0.15, 0.2) is 10.6 Å². The van der Waals surface area contributed by atoms with Crippen molar-refractivity contribution < 1.29 is 19.0 Å². The van der Waals surface area contributed by atoms with Gasteiger partial charge >= 0.3 is 0 Å². The number of aromatic nitrogens is 1. The number of ketones is 1. The normalized spacial score (nSPS) is 15.4. The van der Waals surface area contributed by atoms with Gasteiger partial charge in [0.25, 0.3) is 5.56 Å². The lowest BCUT2D eigenvalue weighted by molar-refractivity contribution is -0.114. The van der Waals surface area contributed by atoms with Crippen molar-refractivity contribution in [3.05, 3.63) is 96.7 Å². The quantitative estimate of drug-likeness (QED) is 0.389. The summed E-state index contributed by atoms with van der Waals surface area (Å²) >= 11 is 1.28. The Kier molecular flexibility index (Phi) is 6.43. The Morgan fingerprint density at radius 3 is 2.43 bits per heavy atom. The summed E-state index contributed by atoms with van der Waals surface area (Å²) in [6, 6.07) is 16.4. The van der Waals surface area contributed by atoms with Gasteiger partial charge in [-0.15, -0.1) is 0 Å². The summed E-state index contributed by atoms with van der Waals surface area (Å²) in [6.45, 7) is 3.30. The van der Waals surface area contributed by atoms with Crippen LogP contribution >= 0.6 is 11.3 Å². The highest BCUT2D eigenvalue weighted by molar-refractivity contribution is 7.07. The molecule has 1 atom stereocenters.